The fourth-order valence-electron chi connectivity index (χ4n) is 10.8. The average molecular weight is 528 g/mol. The van der Waals surface area contributed by atoms with Crippen LogP contribution in [-0.4, -0.2) is 37.6 Å². The van der Waals surface area contributed by atoms with E-state index < -0.39 is 11.4 Å². The molecular weight excluding hydrogens is 478 g/mol. The summed E-state index contributed by atoms with van der Waals surface area (Å²) in [5.41, 5.74) is 1.62. The molecule has 0 saturated heterocycles. The number of rotatable bonds is 4. The zero-order chi connectivity index (χ0) is 27.5. The normalized spacial score (nSPS) is 45.7. The molecule has 5 aliphatic rings. The van der Waals surface area contributed by atoms with E-state index in [0.717, 1.165) is 51.4 Å². The fourth-order valence-corrected chi connectivity index (χ4v) is 10.8. The van der Waals surface area contributed by atoms with Crippen molar-refractivity contribution in [2.75, 3.05) is 13.7 Å². The minimum Gasteiger partial charge on any atom is -0.468 e. The molecule has 0 aromatic rings. The maximum absolute atomic E-state index is 13.8. The standard InChI is InChI=1S/C32H49NO5/c1-19-8-7-14-32(29(36)33-18-27(35)37-6)17-12-24-22(28(19)32)9-10-26-30(4)16-13-25(38-21(3)34)20(2)23(30)11-15-31(24,26)5/h9,19-20,23-26,28H,7-8,10-18H2,1-6H3,(H,33,36). The van der Waals surface area contributed by atoms with Crippen LogP contribution >= 0.6 is 0 Å². The minimum atomic E-state index is -0.408. The van der Waals surface area contributed by atoms with Crippen molar-refractivity contribution in [3.05, 3.63) is 11.6 Å². The first-order valence-corrected chi connectivity index (χ1v) is 15.2. The van der Waals surface area contributed by atoms with E-state index in [2.05, 4.69) is 39.1 Å². The van der Waals surface area contributed by atoms with Crippen LogP contribution in [0, 0.1) is 51.8 Å². The molecule has 38 heavy (non-hydrogen) atoms. The van der Waals surface area contributed by atoms with Crippen molar-refractivity contribution in [3.63, 3.8) is 0 Å². The molecule has 0 aromatic heterocycles. The van der Waals surface area contributed by atoms with Crippen molar-refractivity contribution in [3.8, 4) is 0 Å². The van der Waals surface area contributed by atoms with Gasteiger partial charge in [0.2, 0.25) is 5.91 Å². The maximum Gasteiger partial charge on any atom is 0.325 e. The van der Waals surface area contributed by atoms with Gasteiger partial charge in [-0.2, -0.15) is 0 Å². The van der Waals surface area contributed by atoms with Gasteiger partial charge in [-0.25, -0.2) is 0 Å². The van der Waals surface area contributed by atoms with Crippen LogP contribution in [0.1, 0.15) is 98.8 Å². The lowest BCUT2D eigenvalue weighted by Crippen LogP contribution is -2.61. The third-order valence-corrected chi connectivity index (χ3v) is 12.5. The Bertz CT molecular complexity index is 1010. The number of allylic oxidation sites excluding steroid dienone is 2. The molecule has 5 rings (SSSR count). The molecular formula is C32H49NO5. The lowest BCUT2D eigenvalue weighted by molar-refractivity contribution is -0.177. The number of esters is 2. The van der Waals surface area contributed by atoms with Gasteiger partial charge in [0.15, 0.2) is 0 Å². The number of nitrogens with one attached hydrogen (secondary N) is 1. The van der Waals surface area contributed by atoms with Gasteiger partial charge in [-0.1, -0.05) is 52.2 Å². The minimum absolute atomic E-state index is 0.0477. The Morgan fingerprint density at radius 2 is 1.74 bits per heavy atom. The topological polar surface area (TPSA) is 81.7 Å². The summed E-state index contributed by atoms with van der Waals surface area (Å²) in [5.74, 6) is 2.34. The number of amides is 1. The van der Waals surface area contributed by atoms with E-state index in [-0.39, 0.29) is 41.3 Å². The van der Waals surface area contributed by atoms with Crippen LogP contribution in [0.3, 0.4) is 0 Å². The second kappa shape index (κ2) is 9.96. The van der Waals surface area contributed by atoms with E-state index in [4.69, 9.17) is 9.47 Å². The van der Waals surface area contributed by atoms with Crippen LogP contribution in [0.4, 0.5) is 0 Å². The van der Waals surface area contributed by atoms with Crippen molar-refractivity contribution in [2.45, 2.75) is 105 Å². The molecule has 1 N–H and O–H groups in total. The van der Waals surface area contributed by atoms with Gasteiger partial charge in [0.25, 0.3) is 0 Å². The Balaban J connectivity index is 1.44. The van der Waals surface area contributed by atoms with Gasteiger partial charge in [0.05, 0.1) is 12.5 Å². The summed E-state index contributed by atoms with van der Waals surface area (Å²) < 4.78 is 10.6. The highest BCUT2D eigenvalue weighted by Crippen LogP contribution is 2.70. The van der Waals surface area contributed by atoms with Gasteiger partial charge in [0, 0.05) is 6.92 Å². The summed E-state index contributed by atoms with van der Waals surface area (Å²) in [6, 6.07) is 0. The van der Waals surface area contributed by atoms with Crippen LogP contribution in [0.15, 0.2) is 11.6 Å². The Kier molecular flexibility index (Phi) is 7.26. The first-order chi connectivity index (χ1) is 18.0. The van der Waals surface area contributed by atoms with Crippen molar-refractivity contribution >= 4 is 17.8 Å². The molecule has 0 radical (unpaired) electrons. The molecule has 0 bridgehead atoms. The highest BCUT2D eigenvalue weighted by Gasteiger charge is 2.64. The van der Waals surface area contributed by atoms with E-state index in [1.807, 2.05) is 0 Å². The van der Waals surface area contributed by atoms with Crippen molar-refractivity contribution in [1.82, 2.24) is 5.32 Å². The maximum atomic E-state index is 13.8. The summed E-state index contributed by atoms with van der Waals surface area (Å²) in [4.78, 5) is 37.3. The van der Waals surface area contributed by atoms with Gasteiger partial charge in [-0.15, -0.1) is 0 Å². The molecule has 4 saturated carbocycles. The van der Waals surface area contributed by atoms with Gasteiger partial charge in [-0.05, 0) is 97.7 Å². The number of hydrogen-bond donors (Lipinski definition) is 1. The molecule has 4 fully saturated rings. The lowest BCUT2D eigenvalue weighted by Gasteiger charge is -2.66. The van der Waals surface area contributed by atoms with Crippen LogP contribution < -0.4 is 5.32 Å². The highest BCUT2D eigenvalue weighted by atomic mass is 16.5. The highest BCUT2D eigenvalue weighted by molar-refractivity contribution is 5.87. The van der Waals surface area contributed by atoms with Crippen LogP contribution in [-0.2, 0) is 23.9 Å². The first kappa shape index (κ1) is 27.7. The smallest absolute Gasteiger partial charge is 0.325 e. The van der Waals surface area contributed by atoms with Gasteiger partial charge < -0.3 is 14.8 Å². The fraction of sp³-hybridized carbons (Fsp3) is 0.844. The molecule has 6 heteroatoms. The third-order valence-electron chi connectivity index (χ3n) is 12.5. The van der Waals surface area contributed by atoms with E-state index in [0.29, 0.717) is 29.6 Å². The predicted molar refractivity (Wildman–Crippen MR) is 146 cm³/mol. The monoisotopic (exact) mass is 527 g/mol. The molecule has 10 unspecified atom stereocenters. The molecule has 1 amide bonds. The Morgan fingerprint density at radius 1 is 1.00 bits per heavy atom. The van der Waals surface area contributed by atoms with E-state index in [1.165, 1.54) is 26.9 Å². The average Bonchev–Trinajstić information content (AvgIpc) is 2.88. The summed E-state index contributed by atoms with van der Waals surface area (Å²) >= 11 is 0. The number of hydrogen-bond acceptors (Lipinski definition) is 5. The Hall–Kier alpha value is -1.85. The summed E-state index contributed by atoms with van der Waals surface area (Å²) in [7, 11) is 1.37. The Labute approximate surface area is 229 Å². The second-order valence-electron chi connectivity index (χ2n) is 14.0. The zero-order valence-corrected chi connectivity index (χ0v) is 24.4. The number of methoxy groups -OCH3 is 1. The molecule has 0 heterocycles. The molecule has 10 atom stereocenters. The number of carbonyl (C=O) groups is 3. The second-order valence-corrected chi connectivity index (χ2v) is 14.0. The van der Waals surface area contributed by atoms with Gasteiger partial charge in [0.1, 0.15) is 12.6 Å². The van der Waals surface area contributed by atoms with E-state index >= 15 is 0 Å². The Morgan fingerprint density at radius 3 is 2.45 bits per heavy atom. The summed E-state index contributed by atoms with van der Waals surface area (Å²) in [5, 5.41) is 2.96. The molecule has 0 aromatic carbocycles. The largest absolute Gasteiger partial charge is 0.468 e. The molecule has 0 aliphatic heterocycles. The number of fused-ring (bicyclic) bond motifs is 7. The first-order valence-electron chi connectivity index (χ1n) is 15.2. The quantitative estimate of drug-likeness (QED) is 0.367. The van der Waals surface area contributed by atoms with Crippen LogP contribution in [0.25, 0.3) is 0 Å². The van der Waals surface area contributed by atoms with Crippen LogP contribution in [0.2, 0.25) is 0 Å². The summed E-state index contributed by atoms with van der Waals surface area (Å²) in [6.07, 6.45) is 13.3. The molecule has 6 nitrogen and oxygen atoms in total. The zero-order valence-electron chi connectivity index (χ0n) is 24.4. The van der Waals surface area contributed by atoms with Crippen molar-refractivity contribution in [1.29, 1.82) is 0 Å². The third kappa shape index (κ3) is 4.15. The predicted octanol–water partition coefficient (Wildman–Crippen LogP) is 5.84. The van der Waals surface area contributed by atoms with E-state index in [1.54, 1.807) is 5.57 Å². The van der Waals surface area contributed by atoms with E-state index in [9.17, 15) is 14.4 Å². The van der Waals surface area contributed by atoms with Gasteiger partial charge in [-0.3, -0.25) is 14.4 Å². The van der Waals surface area contributed by atoms with Gasteiger partial charge >= 0.3 is 11.9 Å². The van der Waals surface area contributed by atoms with Crippen LogP contribution in [0.5, 0.6) is 0 Å². The number of carbonyl (C=O) groups excluding carboxylic acids is 3. The molecule has 212 valence electrons. The van der Waals surface area contributed by atoms with Crippen molar-refractivity contribution in [2.24, 2.45) is 51.8 Å². The summed E-state index contributed by atoms with van der Waals surface area (Å²) in [6.45, 7) is 11.3. The SMILES string of the molecule is COC(=O)CNC(=O)C12CCCC(C)C1C1=CCC3C(C)(CCC4C(C)C(OC(C)=O)CCC43C)C1CC2. The van der Waals surface area contributed by atoms with Crippen molar-refractivity contribution < 1.29 is 23.9 Å². The lowest BCUT2D eigenvalue weighted by atomic mass is 9.38. The molecule has 5 aliphatic carbocycles. The molecule has 0 spiro atoms. The number of ether oxygens (including phenoxy) is 2.